The van der Waals surface area contributed by atoms with E-state index in [-0.39, 0.29) is 29.2 Å². The maximum absolute atomic E-state index is 12.2. The fourth-order valence-electron chi connectivity index (χ4n) is 3.21. The highest BCUT2D eigenvalue weighted by molar-refractivity contribution is 5.82. The summed E-state index contributed by atoms with van der Waals surface area (Å²) < 4.78 is 0. The topological polar surface area (TPSA) is 49.4 Å². The molecule has 0 aromatic rings. The first kappa shape index (κ1) is 15.3. The summed E-state index contributed by atoms with van der Waals surface area (Å²) in [7, 11) is 0. The van der Waals surface area contributed by atoms with Crippen molar-refractivity contribution < 1.29 is 9.59 Å². The van der Waals surface area contributed by atoms with E-state index < -0.39 is 0 Å². The molecule has 1 aliphatic carbocycles. The van der Waals surface area contributed by atoms with Gasteiger partial charge >= 0.3 is 0 Å². The predicted molar refractivity (Wildman–Crippen MR) is 79.2 cm³/mol. The fraction of sp³-hybridized carbons (Fsp3) is 0.875. The van der Waals surface area contributed by atoms with Crippen LogP contribution in [0.25, 0.3) is 0 Å². The van der Waals surface area contributed by atoms with Gasteiger partial charge in [-0.25, -0.2) is 0 Å². The van der Waals surface area contributed by atoms with Gasteiger partial charge in [0.2, 0.25) is 11.8 Å². The highest BCUT2D eigenvalue weighted by Gasteiger charge is 2.31. The summed E-state index contributed by atoms with van der Waals surface area (Å²) in [4.78, 5) is 26.2. The quantitative estimate of drug-likeness (QED) is 0.844. The normalized spacial score (nSPS) is 22.1. The molecule has 0 aromatic heterocycles. The third-order valence-electron chi connectivity index (χ3n) is 4.50. The number of piperidine rings is 1. The van der Waals surface area contributed by atoms with Crippen LogP contribution in [-0.4, -0.2) is 35.8 Å². The molecule has 2 fully saturated rings. The van der Waals surface area contributed by atoms with E-state index in [1.54, 1.807) is 0 Å². The lowest BCUT2D eigenvalue weighted by Gasteiger charge is -2.36. The van der Waals surface area contributed by atoms with Crippen molar-refractivity contribution in [3.05, 3.63) is 0 Å². The summed E-state index contributed by atoms with van der Waals surface area (Å²) in [5.74, 6) is 0.699. The molecule has 2 amide bonds. The van der Waals surface area contributed by atoms with E-state index in [1.165, 1.54) is 12.8 Å². The van der Waals surface area contributed by atoms with E-state index in [4.69, 9.17) is 0 Å². The van der Waals surface area contributed by atoms with Gasteiger partial charge in [-0.05, 0) is 25.7 Å². The number of carbonyl (C=O) groups excluding carboxylic acids is 2. The Morgan fingerprint density at radius 3 is 2.05 bits per heavy atom. The molecule has 0 aromatic carbocycles. The van der Waals surface area contributed by atoms with E-state index in [9.17, 15) is 9.59 Å². The lowest BCUT2D eigenvalue weighted by molar-refractivity contribution is -0.140. The molecular weight excluding hydrogens is 252 g/mol. The summed E-state index contributed by atoms with van der Waals surface area (Å²) in [5, 5.41) is 3.18. The van der Waals surface area contributed by atoms with Crippen LogP contribution in [0.5, 0.6) is 0 Å². The summed E-state index contributed by atoms with van der Waals surface area (Å²) in [6.07, 6.45) is 6.26. The Kier molecular flexibility index (Phi) is 4.71. The second-order valence-electron chi connectivity index (χ2n) is 7.31. The first-order valence-corrected chi connectivity index (χ1v) is 7.97. The number of amides is 2. The monoisotopic (exact) mass is 280 g/mol. The number of likely N-dealkylation sites (tertiary alicyclic amines) is 1. The van der Waals surface area contributed by atoms with E-state index in [1.807, 2.05) is 25.7 Å². The summed E-state index contributed by atoms with van der Waals surface area (Å²) in [6.45, 7) is 7.42. The number of hydrogen-bond donors (Lipinski definition) is 1. The minimum absolute atomic E-state index is 0.220. The lowest BCUT2D eigenvalue weighted by atomic mass is 9.93. The average molecular weight is 280 g/mol. The molecule has 114 valence electrons. The van der Waals surface area contributed by atoms with Gasteiger partial charge in [-0.15, -0.1) is 0 Å². The van der Waals surface area contributed by atoms with Gasteiger partial charge in [-0.1, -0.05) is 33.6 Å². The lowest BCUT2D eigenvalue weighted by Crippen LogP contribution is -2.50. The zero-order valence-electron chi connectivity index (χ0n) is 13.1. The zero-order valence-corrected chi connectivity index (χ0v) is 13.1. The number of rotatable bonds is 2. The van der Waals surface area contributed by atoms with Crippen molar-refractivity contribution in [1.82, 2.24) is 10.2 Å². The van der Waals surface area contributed by atoms with Crippen LogP contribution in [0.3, 0.4) is 0 Å². The van der Waals surface area contributed by atoms with Crippen molar-refractivity contribution in [1.29, 1.82) is 0 Å². The zero-order chi connectivity index (χ0) is 14.8. The van der Waals surface area contributed by atoms with Crippen molar-refractivity contribution in [2.75, 3.05) is 13.1 Å². The Morgan fingerprint density at radius 2 is 1.55 bits per heavy atom. The van der Waals surface area contributed by atoms with Crippen LogP contribution in [0.4, 0.5) is 0 Å². The Morgan fingerprint density at radius 1 is 1.00 bits per heavy atom. The molecule has 2 rings (SSSR count). The van der Waals surface area contributed by atoms with Crippen LogP contribution in [0.1, 0.15) is 59.3 Å². The van der Waals surface area contributed by atoms with Gasteiger partial charge < -0.3 is 10.2 Å². The molecule has 1 saturated carbocycles. The number of nitrogens with zero attached hydrogens (tertiary/aromatic N) is 1. The molecular formula is C16H28N2O2. The molecule has 1 heterocycles. The maximum atomic E-state index is 12.2. The van der Waals surface area contributed by atoms with Gasteiger partial charge in [0, 0.05) is 30.5 Å². The fourth-order valence-corrected chi connectivity index (χ4v) is 3.21. The number of nitrogens with one attached hydrogen (secondary N) is 1. The van der Waals surface area contributed by atoms with Crippen LogP contribution in [0, 0.1) is 11.3 Å². The van der Waals surface area contributed by atoms with E-state index in [0.29, 0.717) is 0 Å². The van der Waals surface area contributed by atoms with Crippen LogP contribution in [0.2, 0.25) is 0 Å². The van der Waals surface area contributed by atoms with Crippen LogP contribution in [-0.2, 0) is 9.59 Å². The SMILES string of the molecule is CC(C)(C)C(=O)N1CCC(NC(=O)C2CCCC2)CC1. The molecule has 4 heteroatoms. The van der Waals surface area contributed by atoms with E-state index in [0.717, 1.165) is 38.8 Å². The molecule has 0 atom stereocenters. The van der Waals surface area contributed by atoms with Crippen LogP contribution < -0.4 is 5.32 Å². The van der Waals surface area contributed by atoms with Crippen molar-refractivity contribution >= 4 is 11.8 Å². The van der Waals surface area contributed by atoms with E-state index in [2.05, 4.69) is 5.32 Å². The number of carbonyl (C=O) groups is 2. The number of hydrogen-bond acceptors (Lipinski definition) is 2. The van der Waals surface area contributed by atoms with Crippen molar-refractivity contribution in [2.45, 2.75) is 65.3 Å². The molecule has 20 heavy (non-hydrogen) atoms. The molecule has 0 spiro atoms. The molecule has 4 nitrogen and oxygen atoms in total. The smallest absolute Gasteiger partial charge is 0.227 e. The van der Waals surface area contributed by atoms with Crippen LogP contribution >= 0.6 is 0 Å². The molecule has 0 bridgehead atoms. The molecule has 2 aliphatic rings. The molecule has 1 N–H and O–H groups in total. The standard InChI is InChI=1S/C16H28N2O2/c1-16(2,3)15(20)18-10-8-13(9-11-18)17-14(19)12-6-4-5-7-12/h12-13H,4-11H2,1-3H3,(H,17,19). The summed E-state index contributed by atoms with van der Waals surface area (Å²) in [6, 6.07) is 0.257. The first-order chi connectivity index (χ1) is 9.38. The first-order valence-electron chi connectivity index (χ1n) is 7.97. The minimum atomic E-state index is -0.306. The summed E-state index contributed by atoms with van der Waals surface area (Å²) in [5.41, 5.74) is -0.306. The van der Waals surface area contributed by atoms with Crippen LogP contribution in [0.15, 0.2) is 0 Å². The highest BCUT2D eigenvalue weighted by atomic mass is 16.2. The molecule has 0 radical (unpaired) electrons. The highest BCUT2D eigenvalue weighted by Crippen LogP contribution is 2.26. The Bertz CT molecular complexity index is 359. The van der Waals surface area contributed by atoms with Gasteiger partial charge in [-0.3, -0.25) is 9.59 Å². The Balaban J connectivity index is 1.77. The third-order valence-corrected chi connectivity index (χ3v) is 4.50. The third kappa shape index (κ3) is 3.74. The molecule has 1 aliphatic heterocycles. The second kappa shape index (κ2) is 6.15. The second-order valence-corrected chi connectivity index (χ2v) is 7.31. The van der Waals surface area contributed by atoms with Crippen molar-refractivity contribution in [3.8, 4) is 0 Å². The van der Waals surface area contributed by atoms with Crippen molar-refractivity contribution in [2.24, 2.45) is 11.3 Å². The summed E-state index contributed by atoms with van der Waals surface area (Å²) >= 11 is 0. The predicted octanol–water partition coefficient (Wildman–Crippen LogP) is 2.33. The van der Waals surface area contributed by atoms with Crippen molar-refractivity contribution in [3.63, 3.8) is 0 Å². The maximum Gasteiger partial charge on any atom is 0.227 e. The molecule has 0 unspecified atom stereocenters. The largest absolute Gasteiger partial charge is 0.353 e. The van der Waals surface area contributed by atoms with Gasteiger partial charge in [0.05, 0.1) is 0 Å². The van der Waals surface area contributed by atoms with Gasteiger partial charge in [0.1, 0.15) is 0 Å². The van der Waals surface area contributed by atoms with Gasteiger partial charge in [-0.2, -0.15) is 0 Å². The average Bonchev–Trinajstić information content (AvgIpc) is 2.91. The van der Waals surface area contributed by atoms with E-state index >= 15 is 0 Å². The van der Waals surface area contributed by atoms with Gasteiger partial charge in [0.25, 0.3) is 0 Å². The Labute approximate surface area is 122 Å². The van der Waals surface area contributed by atoms with Gasteiger partial charge in [0.15, 0.2) is 0 Å². The minimum Gasteiger partial charge on any atom is -0.353 e. The Hall–Kier alpha value is -1.06. The molecule has 1 saturated heterocycles.